The van der Waals surface area contributed by atoms with Crippen molar-refractivity contribution in [3.8, 4) is 5.75 Å². The van der Waals surface area contributed by atoms with Crippen molar-refractivity contribution >= 4 is 22.6 Å². The Hall–Kier alpha value is -1.52. The average molecular weight is 282 g/mol. The van der Waals surface area contributed by atoms with Crippen molar-refractivity contribution in [1.82, 2.24) is 4.90 Å². The summed E-state index contributed by atoms with van der Waals surface area (Å²) in [7, 11) is 4.01. The minimum absolute atomic E-state index is 0.419. The topological polar surface area (TPSA) is 42.7 Å². The van der Waals surface area contributed by atoms with Crippen LogP contribution in [0.25, 0.3) is 11.0 Å². The van der Waals surface area contributed by atoms with Gasteiger partial charge in [-0.1, -0.05) is 11.6 Å². The monoisotopic (exact) mass is 281 g/mol. The van der Waals surface area contributed by atoms with Crippen LogP contribution in [0.3, 0.4) is 0 Å². The first kappa shape index (κ1) is 13.9. The number of halogens is 1. The van der Waals surface area contributed by atoms with Gasteiger partial charge in [0.25, 0.3) is 0 Å². The third kappa shape index (κ3) is 3.72. The number of hydrogen-bond acceptors (Lipinski definition) is 4. The van der Waals surface area contributed by atoms with E-state index in [2.05, 4.69) is 4.90 Å². The fourth-order valence-electron chi connectivity index (χ4n) is 1.79. The van der Waals surface area contributed by atoms with Crippen molar-refractivity contribution in [3.05, 3.63) is 39.7 Å². The lowest BCUT2D eigenvalue weighted by Crippen LogP contribution is -2.15. The quantitative estimate of drug-likeness (QED) is 0.624. The van der Waals surface area contributed by atoms with Gasteiger partial charge in [-0.3, -0.25) is 0 Å². The molecule has 1 heterocycles. The van der Waals surface area contributed by atoms with Gasteiger partial charge in [-0.25, -0.2) is 4.79 Å². The summed E-state index contributed by atoms with van der Waals surface area (Å²) in [5.74, 6) is 0.521. The molecule has 0 bridgehead atoms. The molecule has 0 fully saturated rings. The van der Waals surface area contributed by atoms with E-state index in [1.54, 1.807) is 18.2 Å². The van der Waals surface area contributed by atoms with Crippen LogP contribution >= 0.6 is 11.6 Å². The van der Waals surface area contributed by atoms with E-state index in [1.807, 2.05) is 14.1 Å². The van der Waals surface area contributed by atoms with Crippen LogP contribution in [-0.2, 0) is 0 Å². The van der Waals surface area contributed by atoms with Crippen LogP contribution in [0.15, 0.2) is 33.5 Å². The molecule has 19 heavy (non-hydrogen) atoms. The first-order valence-corrected chi connectivity index (χ1v) is 6.45. The van der Waals surface area contributed by atoms with E-state index >= 15 is 0 Å². The highest BCUT2D eigenvalue weighted by molar-refractivity contribution is 6.31. The van der Waals surface area contributed by atoms with Crippen LogP contribution in [0.4, 0.5) is 0 Å². The molecule has 0 aliphatic rings. The van der Waals surface area contributed by atoms with Gasteiger partial charge < -0.3 is 14.1 Å². The van der Waals surface area contributed by atoms with E-state index in [0.29, 0.717) is 23.0 Å². The van der Waals surface area contributed by atoms with Gasteiger partial charge in [0.15, 0.2) is 0 Å². The molecule has 0 saturated heterocycles. The van der Waals surface area contributed by atoms with Gasteiger partial charge in [0.05, 0.1) is 18.1 Å². The van der Waals surface area contributed by atoms with Gasteiger partial charge in [-0.05, 0) is 38.7 Å². The van der Waals surface area contributed by atoms with Crippen molar-refractivity contribution < 1.29 is 9.15 Å². The Kier molecular flexibility index (Phi) is 4.45. The van der Waals surface area contributed by atoms with Crippen molar-refractivity contribution in [1.29, 1.82) is 0 Å². The molecule has 2 aromatic rings. The minimum atomic E-state index is -0.419. The molecule has 0 spiro atoms. The summed E-state index contributed by atoms with van der Waals surface area (Å²) in [5.41, 5.74) is 0.0666. The molecule has 0 saturated carbocycles. The van der Waals surface area contributed by atoms with Crippen LogP contribution in [0.1, 0.15) is 6.42 Å². The van der Waals surface area contributed by atoms with Gasteiger partial charge >= 0.3 is 5.63 Å². The molecule has 2 rings (SSSR count). The summed E-state index contributed by atoms with van der Waals surface area (Å²) in [6.07, 6.45) is 0.884. The summed E-state index contributed by atoms with van der Waals surface area (Å²) in [6.45, 7) is 1.48. The Morgan fingerprint density at radius 3 is 2.84 bits per heavy atom. The van der Waals surface area contributed by atoms with Crippen molar-refractivity contribution in [2.24, 2.45) is 0 Å². The summed E-state index contributed by atoms with van der Waals surface area (Å²) in [5, 5.41) is 1.30. The third-order valence-corrected chi connectivity index (χ3v) is 2.91. The summed E-state index contributed by atoms with van der Waals surface area (Å²) in [4.78, 5) is 13.5. The largest absolute Gasteiger partial charge is 0.492 e. The van der Waals surface area contributed by atoms with Crippen molar-refractivity contribution in [2.75, 3.05) is 27.2 Å². The number of benzene rings is 1. The Balaban J connectivity index is 2.21. The first-order chi connectivity index (χ1) is 9.06. The van der Waals surface area contributed by atoms with Crippen LogP contribution in [0, 0.1) is 0 Å². The predicted octanol–water partition coefficient (Wildman–Crippen LogP) is 2.78. The fourth-order valence-corrected chi connectivity index (χ4v) is 1.96. The average Bonchev–Trinajstić information content (AvgIpc) is 2.35. The van der Waals surface area contributed by atoms with Crippen molar-refractivity contribution in [2.45, 2.75) is 6.42 Å². The number of hydrogen-bond donors (Lipinski definition) is 0. The SMILES string of the molecule is CN(C)CCCOc1cc(=O)oc2ccc(Cl)cc12. The molecule has 5 heteroatoms. The normalized spacial score (nSPS) is 11.2. The van der Waals surface area contributed by atoms with E-state index in [4.69, 9.17) is 20.8 Å². The Labute approximate surface area is 116 Å². The van der Waals surface area contributed by atoms with Gasteiger partial charge in [0.1, 0.15) is 11.3 Å². The van der Waals surface area contributed by atoms with Crippen LogP contribution in [0.5, 0.6) is 5.75 Å². The van der Waals surface area contributed by atoms with E-state index in [1.165, 1.54) is 6.07 Å². The third-order valence-electron chi connectivity index (χ3n) is 2.67. The van der Waals surface area contributed by atoms with E-state index in [0.717, 1.165) is 18.4 Å². The van der Waals surface area contributed by atoms with Gasteiger partial charge in [-0.2, -0.15) is 0 Å². The Morgan fingerprint density at radius 2 is 2.11 bits per heavy atom. The van der Waals surface area contributed by atoms with Crippen LogP contribution in [-0.4, -0.2) is 32.1 Å². The number of fused-ring (bicyclic) bond motifs is 1. The summed E-state index contributed by atoms with van der Waals surface area (Å²) >= 11 is 5.95. The second kappa shape index (κ2) is 6.08. The molecule has 4 nitrogen and oxygen atoms in total. The van der Waals surface area contributed by atoms with Gasteiger partial charge in [0, 0.05) is 11.6 Å². The highest BCUT2D eigenvalue weighted by Crippen LogP contribution is 2.26. The van der Waals surface area contributed by atoms with Crippen LogP contribution in [0.2, 0.25) is 5.02 Å². The molecular formula is C14H16ClNO3. The highest BCUT2D eigenvalue weighted by atomic mass is 35.5. The minimum Gasteiger partial charge on any atom is -0.492 e. The van der Waals surface area contributed by atoms with Crippen LogP contribution < -0.4 is 10.4 Å². The van der Waals surface area contributed by atoms with Gasteiger partial charge in [0.2, 0.25) is 0 Å². The maximum absolute atomic E-state index is 11.4. The zero-order valence-corrected chi connectivity index (χ0v) is 11.7. The fraction of sp³-hybridized carbons (Fsp3) is 0.357. The molecule has 0 radical (unpaired) electrons. The smallest absolute Gasteiger partial charge is 0.339 e. The molecule has 1 aromatic carbocycles. The molecule has 102 valence electrons. The Bertz CT molecular complexity index is 622. The number of ether oxygens (including phenoxy) is 1. The molecular weight excluding hydrogens is 266 g/mol. The maximum Gasteiger partial charge on any atom is 0.339 e. The van der Waals surface area contributed by atoms with E-state index in [9.17, 15) is 4.79 Å². The molecule has 0 N–H and O–H groups in total. The van der Waals surface area contributed by atoms with Crippen molar-refractivity contribution in [3.63, 3.8) is 0 Å². The van der Waals surface area contributed by atoms with E-state index < -0.39 is 5.63 Å². The number of rotatable bonds is 5. The Morgan fingerprint density at radius 1 is 1.32 bits per heavy atom. The zero-order chi connectivity index (χ0) is 13.8. The second-order valence-corrected chi connectivity index (χ2v) is 5.01. The maximum atomic E-state index is 11.4. The molecule has 0 aliphatic carbocycles. The lowest BCUT2D eigenvalue weighted by molar-refractivity contribution is 0.282. The lowest BCUT2D eigenvalue weighted by Gasteiger charge is -2.11. The molecule has 0 unspecified atom stereocenters. The number of nitrogens with zero attached hydrogens (tertiary/aromatic N) is 1. The standard InChI is InChI=1S/C14H16ClNO3/c1-16(2)6-3-7-18-13-9-14(17)19-12-5-4-10(15)8-11(12)13/h4-5,8-9H,3,6-7H2,1-2H3. The highest BCUT2D eigenvalue weighted by Gasteiger charge is 2.07. The second-order valence-electron chi connectivity index (χ2n) is 4.58. The molecule has 0 aliphatic heterocycles. The molecule has 1 aromatic heterocycles. The lowest BCUT2D eigenvalue weighted by atomic mass is 10.2. The summed E-state index contributed by atoms with van der Waals surface area (Å²) < 4.78 is 10.8. The zero-order valence-electron chi connectivity index (χ0n) is 11.0. The van der Waals surface area contributed by atoms with Gasteiger partial charge in [-0.15, -0.1) is 0 Å². The molecule has 0 amide bonds. The first-order valence-electron chi connectivity index (χ1n) is 6.07. The predicted molar refractivity (Wildman–Crippen MR) is 76.2 cm³/mol. The van der Waals surface area contributed by atoms with E-state index in [-0.39, 0.29) is 0 Å². The summed E-state index contributed by atoms with van der Waals surface area (Å²) in [6, 6.07) is 6.45. The molecule has 0 atom stereocenters.